The molecule has 0 aliphatic heterocycles. The molecule has 0 aliphatic rings. The van der Waals surface area contributed by atoms with E-state index in [-0.39, 0.29) is 68.3 Å². The van der Waals surface area contributed by atoms with E-state index < -0.39 is 0 Å². The van der Waals surface area contributed by atoms with E-state index in [0.29, 0.717) is 0 Å². The Labute approximate surface area is 67.8 Å². The van der Waals surface area contributed by atoms with Crippen LogP contribution < -0.4 is 0 Å². The number of hydrogen-bond donors (Lipinski definition) is 0. The molecule has 0 bridgehead atoms. The van der Waals surface area contributed by atoms with Crippen LogP contribution in [-0.4, -0.2) is 0 Å². The predicted octanol–water partition coefficient (Wildman–Crippen LogP) is -0.0100. The molecule has 4 radical (unpaired) electrons. The third-order valence-electron chi connectivity index (χ3n) is 0. The topological polar surface area (TPSA) is 0 Å². The first-order valence-electron chi connectivity index (χ1n) is 0. The van der Waals surface area contributed by atoms with Crippen LogP contribution in [0.1, 0.15) is 0 Å². The molecule has 0 saturated heterocycles. The van der Waals surface area contributed by atoms with Gasteiger partial charge in [0.2, 0.25) is 0 Å². The van der Waals surface area contributed by atoms with Gasteiger partial charge in [-0.3, -0.25) is 0 Å². The van der Waals surface area contributed by atoms with Crippen LogP contribution in [0.15, 0.2) is 0 Å². The van der Waals surface area contributed by atoms with Crippen molar-refractivity contribution in [3.63, 3.8) is 0 Å². The van der Waals surface area contributed by atoms with E-state index in [4.69, 9.17) is 0 Å². The molecule has 0 nitrogen and oxygen atoms in total. The molecule has 0 aromatic rings. The summed E-state index contributed by atoms with van der Waals surface area (Å²) >= 11 is 0. The zero-order valence-corrected chi connectivity index (χ0v) is 5.29. The first kappa shape index (κ1) is 36.3. The Hall–Kier alpha value is 2.08. The first-order valence-corrected chi connectivity index (χ1v) is 0. The van der Waals surface area contributed by atoms with Gasteiger partial charge < -0.3 is 0 Å². The van der Waals surface area contributed by atoms with Crippen LogP contribution in [0.3, 0.4) is 0 Å². The Morgan fingerprint density at radius 1 is 0.500 bits per heavy atom. The Balaban J connectivity index is 0. The van der Waals surface area contributed by atoms with Gasteiger partial charge in [0.15, 0.2) is 0 Å². The van der Waals surface area contributed by atoms with E-state index >= 15 is 0 Å². The Morgan fingerprint density at radius 2 is 0.500 bits per heavy atom. The zero-order valence-electron chi connectivity index (χ0n) is 1.28. The van der Waals surface area contributed by atoms with E-state index in [1.165, 1.54) is 0 Å². The van der Waals surface area contributed by atoms with Crippen LogP contribution in [0.25, 0.3) is 0 Å². The molecule has 0 rings (SSSR count). The summed E-state index contributed by atoms with van der Waals surface area (Å²) in [5.74, 6) is 0. The van der Waals surface area contributed by atoms with Crippen molar-refractivity contribution >= 4 is 0 Å². The summed E-state index contributed by atoms with van der Waals surface area (Å²) in [7, 11) is 0. The Bertz CT molecular complexity index is 3.25. The fourth-order valence-electron chi connectivity index (χ4n) is 0. The van der Waals surface area contributed by atoms with Gasteiger partial charge in [0.1, 0.15) is 0 Å². The molecule has 4 heteroatoms. The summed E-state index contributed by atoms with van der Waals surface area (Å²) in [6.45, 7) is 0. The third-order valence-corrected chi connectivity index (χ3v) is 0. The van der Waals surface area contributed by atoms with Crippen LogP contribution >= 0.6 is 0 Å². The maximum atomic E-state index is 0. The van der Waals surface area contributed by atoms with Crippen LogP contribution in [-0.2, 0) is 68.3 Å². The third kappa shape index (κ3) is 8.95. The van der Waals surface area contributed by atoms with Gasteiger partial charge in [-0.1, -0.05) is 0 Å². The van der Waals surface area contributed by atoms with E-state index in [1.807, 2.05) is 0 Å². The standard InChI is InChI=1S/3Cu.Mn. The van der Waals surface area contributed by atoms with Crippen LogP contribution in [0.2, 0.25) is 0 Å². The van der Waals surface area contributed by atoms with Gasteiger partial charge >= 0.3 is 0 Å². The molecule has 40 valence electrons. The first-order chi connectivity index (χ1) is 0. The SMILES string of the molecule is [Cu].[Cu].[Cu].[Mn]. The largest absolute Gasteiger partial charge is 0 e. The maximum absolute atomic E-state index is 0. The zero-order chi connectivity index (χ0) is 0. The van der Waals surface area contributed by atoms with Crippen molar-refractivity contribution in [1.82, 2.24) is 0 Å². The van der Waals surface area contributed by atoms with Crippen LogP contribution in [0.5, 0.6) is 0 Å². The molecule has 0 aliphatic carbocycles. The fourth-order valence-corrected chi connectivity index (χ4v) is 0. The van der Waals surface area contributed by atoms with Gasteiger partial charge in [0.05, 0.1) is 0 Å². The van der Waals surface area contributed by atoms with E-state index in [9.17, 15) is 0 Å². The molecule has 0 aromatic heterocycles. The van der Waals surface area contributed by atoms with Gasteiger partial charge in [0.25, 0.3) is 0 Å². The summed E-state index contributed by atoms with van der Waals surface area (Å²) in [6, 6.07) is 0. The van der Waals surface area contributed by atoms with Crippen molar-refractivity contribution < 1.29 is 68.3 Å². The minimum absolute atomic E-state index is 0. The van der Waals surface area contributed by atoms with Crippen LogP contribution in [0, 0.1) is 0 Å². The predicted molar refractivity (Wildman–Crippen MR) is 0 cm³/mol. The second kappa shape index (κ2) is 19.6. The molecule has 0 spiro atoms. The summed E-state index contributed by atoms with van der Waals surface area (Å²) < 4.78 is 0. The average molecular weight is 246 g/mol. The van der Waals surface area contributed by atoms with Crippen molar-refractivity contribution in [3.05, 3.63) is 0 Å². The molecule has 0 fully saturated rings. The minimum atomic E-state index is 0. The van der Waals surface area contributed by atoms with Gasteiger partial charge in [0, 0.05) is 68.3 Å². The normalized spacial score (nSPS) is 0. The quantitative estimate of drug-likeness (QED) is 0.527. The molecule has 0 atom stereocenters. The Kier molecular flexibility index (Phi) is 177. The monoisotopic (exact) mass is 244 g/mol. The van der Waals surface area contributed by atoms with Crippen molar-refractivity contribution in [3.8, 4) is 0 Å². The summed E-state index contributed by atoms with van der Waals surface area (Å²) in [5.41, 5.74) is 0. The van der Waals surface area contributed by atoms with E-state index in [0.717, 1.165) is 0 Å². The molecule has 0 saturated carbocycles. The van der Waals surface area contributed by atoms with E-state index in [2.05, 4.69) is 0 Å². The van der Waals surface area contributed by atoms with Crippen molar-refractivity contribution in [2.45, 2.75) is 0 Å². The molecular formula is Cu3Mn. The molecule has 0 amide bonds. The van der Waals surface area contributed by atoms with Gasteiger partial charge in [-0.25, -0.2) is 0 Å². The minimum Gasteiger partial charge on any atom is 0 e. The smallest absolute Gasteiger partial charge is 0 e. The molecule has 4 heavy (non-hydrogen) atoms. The van der Waals surface area contributed by atoms with Crippen molar-refractivity contribution in [1.29, 1.82) is 0 Å². The molecular weight excluding hydrogens is 246 g/mol. The Morgan fingerprint density at radius 3 is 0.500 bits per heavy atom. The molecule has 0 aromatic carbocycles. The van der Waals surface area contributed by atoms with Crippen molar-refractivity contribution in [2.75, 3.05) is 0 Å². The summed E-state index contributed by atoms with van der Waals surface area (Å²) in [5, 5.41) is 0. The number of rotatable bonds is 0. The second-order valence-corrected chi connectivity index (χ2v) is 0. The number of hydrogen-bond acceptors (Lipinski definition) is 0. The van der Waals surface area contributed by atoms with Gasteiger partial charge in [-0.2, -0.15) is 0 Å². The molecule has 0 unspecified atom stereocenters. The maximum Gasteiger partial charge on any atom is 0 e. The molecule has 0 heterocycles. The van der Waals surface area contributed by atoms with Crippen LogP contribution in [0.4, 0.5) is 0 Å². The molecule has 0 N–H and O–H groups in total. The van der Waals surface area contributed by atoms with Crippen molar-refractivity contribution in [2.24, 2.45) is 0 Å². The summed E-state index contributed by atoms with van der Waals surface area (Å²) in [4.78, 5) is 0. The van der Waals surface area contributed by atoms with E-state index in [1.54, 1.807) is 0 Å². The van der Waals surface area contributed by atoms with Gasteiger partial charge in [-0.15, -0.1) is 0 Å². The fraction of sp³-hybridized carbons (Fsp3) is 0. The average Bonchev–Trinajstić information content (AvgIpc) is 0. The second-order valence-electron chi connectivity index (χ2n) is 0. The van der Waals surface area contributed by atoms with Gasteiger partial charge in [-0.05, 0) is 0 Å². The summed E-state index contributed by atoms with van der Waals surface area (Å²) in [6.07, 6.45) is 0.